The number of nitrogens with zero attached hydrogens (tertiary/aromatic N) is 4. The van der Waals surface area contributed by atoms with Crippen molar-refractivity contribution < 1.29 is 32.3 Å². The monoisotopic (exact) mass is 434 g/mol. The van der Waals surface area contributed by atoms with Crippen LogP contribution in [0.1, 0.15) is 27.2 Å². The summed E-state index contributed by atoms with van der Waals surface area (Å²) in [5, 5.41) is 18.4. The Morgan fingerprint density at radius 2 is 1.84 bits per heavy atom. The Labute approximate surface area is 172 Å². The molecular formula is C20H14F4N4O3. The van der Waals surface area contributed by atoms with E-state index in [4.69, 9.17) is 0 Å². The number of amides is 1. The average molecular weight is 434 g/mol. The summed E-state index contributed by atoms with van der Waals surface area (Å²) in [5.74, 6) is -2.94. The van der Waals surface area contributed by atoms with Crippen LogP contribution in [0.3, 0.4) is 0 Å². The number of carbonyl (C=O) groups excluding carboxylic acids is 2. The Morgan fingerprint density at radius 3 is 2.52 bits per heavy atom. The molecule has 7 nitrogen and oxygen atoms in total. The van der Waals surface area contributed by atoms with Crippen LogP contribution < -0.4 is 4.90 Å². The van der Waals surface area contributed by atoms with Crippen LogP contribution >= 0.6 is 0 Å². The predicted molar refractivity (Wildman–Crippen MR) is 98.6 cm³/mol. The highest BCUT2D eigenvalue weighted by atomic mass is 19.4. The van der Waals surface area contributed by atoms with Crippen LogP contribution in [0.5, 0.6) is 0 Å². The first-order valence-corrected chi connectivity index (χ1v) is 8.94. The van der Waals surface area contributed by atoms with Gasteiger partial charge in [-0.05, 0) is 24.3 Å². The lowest BCUT2D eigenvalue weighted by Crippen LogP contribution is -2.55. The molecule has 3 aromatic rings. The van der Waals surface area contributed by atoms with Crippen molar-refractivity contribution in [1.82, 2.24) is 15.0 Å². The first kappa shape index (κ1) is 20.7. The van der Waals surface area contributed by atoms with Crippen molar-refractivity contribution in [2.75, 3.05) is 11.9 Å². The molecule has 31 heavy (non-hydrogen) atoms. The molecule has 0 saturated heterocycles. The van der Waals surface area contributed by atoms with E-state index >= 15 is 0 Å². The van der Waals surface area contributed by atoms with E-state index < -0.39 is 34.8 Å². The van der Waals surface area contributed by atoms with E-state index in [1.807, 2.05) is 0 Å². The second-order valence-corrected chi connectivity index (χ2v) is 7.03. The average Bonchev–Trinajstić information content (AvgIpc) is 3.20. The zero-order valence-electron chi connectivity index (χ0n) is 15.9. The van der Waals surface area contributed by atoms with Gasteiger partial charge < -0.3 is 10.0 Å². The molecule has 1 N–H and O–H groups in total. The molecule has 0 fully saturated rings. The van der Waals surface area contributed by atoms with E-state index in [0.29, 0.717) is 11.8 Å². The SMILES string of the molecule is CN1C(=O)C(O)(c2cn(Cc3ccc(C(F)(F)F)cc3F)nn2)C(=O)c2ccccc21. The summed E-state index contributed by atoms with van der Waals surface area (Å²) in [6, 6.07) is 8.25. The molecule has 1 aliphatic heterocycles. The Balaban J connectivity index is 1.66. The van der Waals surface area contributed by atoms with E-state index in [0.717, 1.165) is 27.9 Å². The minimum atomic E-state index is -4.69. The number of aliphatic hydroxyl groups is 1. The molecule has 0 saturated carbocycles. The molecule has 0 spiro atoms. The number of para-hydroxylation sites is 1. The molecule has 4 rings (SSSR count). The lowest BCUT2D eigenvalue weighted by Gasteiger charge is -2.34. The number of benzene rings is 2. The topological polar surface area (TPSA) is 88.3 Å². The molecule has 0 aliphatic carbocycles. The smallest absolute Gasteiger partial charge is 0.368 e. The van der Waals surface area contributed by atoms with Crippen LogP contribution in [-0.2, 0) is 23.1 Å². The lowest BCUT2D eigenvalue weighted by molar-refractivity contribution is -0.137. The molecule has 1 atom stereocenters. The van der Waals surface area contributed by atoms with E-state index in [9.17, 15) is 32.3 Å². The first-order valence-electron chi connectivity index (χ1n) is 8.94. The van der Waals surface area contributed by atoms with Gasteiger partial charge in [-0.2, -0.15) is 13.2 Å². The van der Waals surface area contributed by atoms with Crippen molar-refractivity contribution in [3.63, 3.8) is 0 Å². The quantitative estimate of drug-likeness (QED) is 0.506. The van der Waals surface area contributed by atoms with Crippen molar-refractivity contribution in [2.24, 2.45) is 0 Å². The largest absolute Gasteiger partial charge is 0.416 e. The summed E-state index contributed by atoms with van der Waals surface area (Å²) >= 11 is 0. The number of hydrogen-bond donors (Lipinski definition) is 1. The first-order chi connectivity index (χ1) is 14.5. The van der Waals surface area contributed by atoms with Gasteiger partial charge in [-0.15, -0.1) is 5.10 Å². The minimum absolute atomic E-state index is 0.107. The number of carbonyl (C=O) groups is 2. The summed E-state index contributed by atoms with van der Waals surface area (Å²) in [7, 11) is 1.39. The number of hydrogen-bond acceptors (Lipinski definition) is 5. The Bertz CT molecular complexity index is 1210. The van der Waals surface area contributed by atoms with Gasteiger partial charge in [0.1, 0.15) is 11.5 Å². The Kier molecular flexibility index (Phi) is 4.65. The molecule has 1 aliphatic rings. The van der Waals surface area contributed by atoms with Crippen molar-refractivity contribution in [1.29, 1.82) is 0 Å². The maximum Gasteiger partial charge on any atom is 0.416 e. The highest BCUT2D eigenvalue weighted by Gasteiger charge is 2.54. The second kappa shape index (κ2) is 6.98. The van der Waals surface area contributed by atoms with Gasteiger partial charge in [-0.1, -0.05) is 23.4 Å². The maximum absolute atomic E-state index is 14.1. The van der Waals surface area contributed by atoms with Gasteiger partial charge in [0.15, 0.2) is 0 Å². The standard InChI is InChI=1S/C20H14F4N4O3/c1-27-15-5-3-2-4-13(15)17(29)19(31,18(27)30)16-10-28(26-25-16)9-11-6-7-12(8-14(11)21)20(22,23)24/h2-8,10,31H,9H2,1H3. The molecule has 1 aromatic heterocycles. The van der Waals surface area contributed by atoms with Crippen LogP contribution in [0, 0.1) is 5.82 Å². The van der Waals surface area contributed by atoms with Crippen molar-refractivity contribution >= 4 is 17.4 Å². The van der Waals surface area contributed by atoms with Crippen LogP contribution in [0.25, 0.3) is 0 Å². The highest BCUT2D eigenvalue weighted by Crippen LogP contribution is 2.37. The van der Waals surface area contributed by atoms with Crippen molar-refractivity contribution in [2.45, 2.75) is 18.3 Å². The lowest BCUT2D eigenvalue weighted by atomic mass is 9.84. The number of fused-ring (bicyclic) bond motifs is 1. The minimum Gasteiger partial charge on any atom is -0.368 e. The predicted octanol–water partition coefficient (Wildman–Crippen LogP) is 2.53. The zero-order valence-corrected chi connectivity index (χ0v) is 15.9. The molecular weight excluding hydrogens is 420 g/mol. The van der Waals surface area contributed by atoms with E-state index in [1.165, 1.54) is 13.1 Å². The molecule has 0 radical (unpaired) electrons. The molecule has 11 heteroatoms. The zero-order chi connectivity index (χ0) is 22.6. The fraction of sp³-hybridized carbons (Fsp3) is 0.200. The van der Waals surface area contributed by atoms with Crippen LogP contribution in [0.15, 0.2) is 48.7 Å². The maximum atomic E-state index is 14.1. The number of likely N-dealkylation sites (N-methyl/N-ethyl adjacent to an activating group) is 1. The van der Waals surface area contributed by atoms with Gasteiger partial charge >= 0.3 is 6.18 Å². The van der Waals surface area contributed by atoms with E-state index in [-0.39, 0.29) is 23.4 Å². The number of anilines is 1. The Hall–Kier alpha value is -3.60. The molecule has 2 heterocycles. The molecule has 160 valence electrons. The third kappa shape index (κ3) is 3.26. The summed E-state index contributed by atoms with van der Waals surface area (Å²) < 4.78 is 53.2. The fourth-order valence-corrected chi connectivity index (χ4v) is 3.40. The van der Waals surface area contributed by atoms with E-state index in [2.05, 4.69) is 10.3 Å². The van der Waals surface area contributed by atoms with Crippen molar-refractivity contribution in [3.8, 4) is 0 Å². The van der Waals surface area contributed by atoms with Crippen molar-refractivity contribution in [3.05, 3.63) is 76.9 Å². The van der Waals surface area contributed by atoms with Gasteiger partial charge in [0.05, 0.1) is 24.0 Å². The molecule has 1 amide bonds. The van der Waals surface area contributed by atoms with Gasteiger partial charge in [0.2, 0.25) is 5.78 Å². The summed E-state index contributed by atoms with van der Waals surface area (Å²) in [4.78, 5) is 26.8. The second-order valence-electron chi connectivity index (χ2n) is 7.03. The summed E-state index contributed by atoms with van der Waals surface area (Å²) in [6.07, 6.45) is -3.61. The molecule has 1 unspecified atom stereocenters. The number of Topliss-reactive ketones (excluding diaryl/α,β-unsaturated/α-hetero) is 1. The van der Waals surface area contributed by atoms with Gasteiger partial charge in [-0.3, -0.25) is 9.59 Å². The summed E-state index contributed by atoms with van der Waals surface area (Å²) in [6.45, 7) is -0.331. The number of rotatable bonds is 3. The van der Waals surface area contributed by atoms with Crippen LogP contribution in [0.4, 0.5) is 23.2 Å². The van der Waals surface area contributed by atoms with Gasteiger partial charge in [-0.25, -0.2) is 9.07 Å². The molecule has 2 aromatic carbocycles. The number of ketones is 1. The fourth-order valence-electron chi connectivity index (χ4n) is 3.40. The number of aromatic nitrogens is 3. The number of halogens is 4. The van der Waals surface area contributed by atoms with E-state index in [1.54, 1.807) is 18.2 Å². The molecule has 0 bridgehead atoms. The van der Waals surface area contributed by atoms with Gasteiger partial charge in [0.25, 0.3) is 11.5 Å². The summed E-state index contributed by atoms with van der Waals surface area (Å²) in [5.41, 5.74) is -3.85. The van der Waals surface area contributed by atoms with Crippen LogP contribution in [-0.4, -0.2) is 38.8 Å². The van der Waals surface area contributed by atoms with Crippen LogP contribution in [0.2, 0.25) is 0 Å². The highest BCUT2D eigenvalue weighted by molar-refractivity contribution is 6.26. The van der Waals surface area contributed by atoms with Gasteiger partial charge in [0, 0.05) is 18.2 Å². The third-order valence-electron chi connectivity index (χ3n) is 5.07. The number of alkyl halides is 3. The Morgan fingerprint density at radius 1 is 1.13 bits per heavy atom. The third-order valence-corrected chi connectivity index (χ3v) is 5.07. The normalized spacial score (nSPS) is 19.0.